The van der Waals surface area contributed by atoms with Crippen LogP contribution in [0.15, 0.2) is 53.6 Å². The smallest absolute Gasteiger partial charge is 0.333 e. The first-order valence-corrected chi connectivity index (χ1v) is 11.9. The molecule has 35 heavy (non-hydrogen) atoms. The van der Waals surface area contributed by atoms with Gasteiger partial charge >= 0.3 is 5.69 Å². The van der Waals surface area contributed by atoms with E-state index in [0.717, 1.165) is 56.7 Å². The fraction of sp³-hybridized carbons (Fsp3) is 0.296. The summed E-state index contributed by atoms with van der Waals surface area (Å²) in [4.78, 5) is 18.0. The number of fused-ring (bicyclic) bond motifs is 3. The molecule has 180 valence electrons. The van der Waals surface area contributed by atoms with Gasteiger partial charge in [0.1, 0.15) is 0 Å². The molecule has 0 aliphatic carbocycles. The largest absolute Gasteiger partial charge is 0.490 e. The second-order valence-corrected chi connectivity index (χ2v) is 8.38. The Morgan fingerprint density at radius 2 is 1.66 bits per heavy atom. The highest BCUT2D eigenvalue weighted by atomic mass is 16.5. The average molecular weight is 472 g/mol. The topological polar surface area (TPSA) is 76.1 Å². The first kappa shape index (κ1) is 22.7. The Bertz CT molecular complexity index is 1610. The minimum absolute atomic E-state index is 0.127. The third-order valence-corrected chi connectivity index (χ3v) is 6.25. The van der Waals surface area contributed by atoms with Crippen LogP contribution in [0.4, 0.5) is 0 Å². The number of aromatic nitrogens is 5. The standard InChI is InChI=1S/C27H29N5O3/c1-6-31-16-23(17(4)29-31)32-26-20-13-18(9-11-21(20)28-15-22(26)30(5)27(32)33)19-10-12-24(34-7-2)25(14-19)35-8-3/h9-16H,6-8H2,1-5H3. The molecule has 0 N–H and O–H groups in total. The molecule has 0 aliphatic heterocycles. The van der Waals surface area contributed by atoms with E-state index >= 15 is 0 Å². The van der Waals surface area contributed by atoms with Crippen LogP contribution in [0.2, 0.25) is 0 Å². The van der Waals surface area contributed by atoms with E-state index in [0.29, 0.717) is 19.0 Å². The number of nitrogens with zero attached hydrogens (tertiary/aromatic N) is 5. The summed E-state index contributed by atoms with van der Waals surface area (Å²) in [6.07, 6.45) is 3.69. The third kappa shape index (κ3) is 3.75. The van der Waals surface area contributed by atoms with Crippen molar-refractivity contribution in [2.75, 3.05) is 13.2 Å². The van der Waals surface area contributed by atoms with E-state index in [1.807, 2.05) is 68.9 Å². The molecule has 2 aromatic carbocycles. The predicted molar refractivity (Wildman–Crippen MR) is 138 cm³/mol. The molecule has 0 radical (unpaired) electrons. The van der Waals surface area contributed by atoms with Gasteiger partial charge in [-0.3, -0.25) is 18.8 Å². The van der Waals surface area contributed by atoms with Gasteiger partial charge in [-0.05, 0) is 63.1 Å². The monoisotopic (exact) mass is 471 g/mol. The van der Waals surface area contributed by atoms with Crippen molar-refractivity contribution < 1.29 is 9.47 Å². The molecule has 8 nitrogen and oxygen atoms in total. The molecule has 3 heterocycles. The van der Waals surface area contributed by atoms with Crippen LogP contribution in [-0.2, 0) is 13.6 Å². The summed E-state index contributed by atoms with van der Waals surface area (Å²) in [5.41, 5.74) is 5.85. The molecule has 0 amide bonds. The lowest BCUT2D eigenvalue weighted by atomic mass is 10.0. The van der Waals surface area contributed by atoms with Crippen molar-refractivity contribution >= 4 is 21.9 Å². The Morgan fingerprint density at radius 1 is 0.943 bits per heavy atom. The quantitative estimate of drug-likeness (QED) is 0.339. The molecule has 0 saturated carbocycles. The summed E-state index contributed by atoms with van der Waals surface area (Å²) in [5.74, 6) is 1.44. The Labute approximate surface area is 203 Å². The molecular formula is C27H29N5O3. The number of benzene rings is 2. The van der Waals surface area contributed by atoms with Crippen LogP contribution >= 0.6 is 0 Å². The van der Waals surface area contributed by atoms with Crippen LogP contribution < -0.4 is 15.2 Å². The van der Waals surface area contributed by atoms with Gasteiger partial charge in [0, 0.05) is 25.2 Å². The molecule has 0 spiro atoms. The molecule has 0 saturated heterocycles. The van der Waals surface area contributed by atoms with Crippen molar-refractivity contribution in [3.8, 4) is 28.3 Å². The highest BCUT2D eigenvalue weighted by molar-refractivity contribution is 6.04. The maximum absolute atomic E-state index is 13.4. The molecule has 8 heteroatoms. The van der Waals surface area contributed by atoms with Crippen molar-refractivity contribution in [2.45, 2.75) is 34.2 Å². The summed E-state index contributed by atoms with van der Waals surface area (Å²) in [6, 6.07) is 12.1. The Balaban J connectivity index is 1.77. The lowest BCUT2D eigenvalue weighted by Crippen LogP contribution is -2.21. The molecule has 0 fully saturated rings. The number of ether oxygens (including phenoxy) is 2. The van der Waals surface area contributed by atoms with Crippen molar-refractivity contribution in [1.82, 2.24) is 23.9 Å². The normalized spacial score (nSPS) is 11.5. The molecule has 0 aliphatic rings. The zero-order valence-corrected chi connectivity index (χ0v) is 20.7. The highest BCUT2D eigenvalue weighted by Gasteiger charge is 2.19. The third-order valence-electron chi connectivity index (χ3n) is 6.25. The van der Waals surface area contributed by atoms with Crippen LogP contribution in [-0.4, -0.2) is 37.1 Å². The number of imidazole rings is 1. The summed E-state index contributed by atoms with van der Waals surface area (Å²) in [5, 5.41) is 5.46. The summed E-state index contributed by atoms with van der Waals surface area (Å²) >= 11 is 0. The fourth-order valence-electron chi connectivity index (χ4n) is 4.52. The Hall–Kier alpha value is -4.07. The SMILES string of the molecule is CCOc1ccc(-c2ccc3ncc4c(c3c2)n(-c2cn(CC)nc2C)c(=O)n4C)cc1OCC. The number of aryl methyl sites for hydroxylation is 3. The number of hydrogen-bond acceptors (Lipinski definition) is 5. The van der Waals surface area contributed by atoms with E-state index in [9.17, 15) is 4.79 Å². The van der Waals surface area contributed by atoms with Gasteiger partial charge in [-0.1, -0.05) is 12.1 Å². The zero-order valence-electron chi connectivity index (χ0n) is 20.7. The molecule has 0 unspecified atom stereocenters. The second kappa shape index (κ2) is 8.94. The highest BCUT2D eigenvalue weighted by Crippen LogP contribution is 2.35. The van der Waals surface area contributed by atoms with Gasteiger partial charge in [0.15, 0.2) is 11.5 Å². The van der Waals surface area contributed by atoms with Gasteiger partial charge < -0.3 is 9.47 Å². The molecule has 3 aromatic heterocycles. The van der Waals surface area contributed by atoms with Crippen molar-refractivity contribution in [3.05, 3.63) is 65.0 Å². The molecule has 0 atom stereocenters. The zero-order chi connectivity index (χ0) is 24.7. The van der Waals surface area contributed by atoms with Gasteiger partial charge in [-0.15, -0.1) is 0 Å². The van der Waals surface area contributed by atoms with E-state index in [2.05, 4.69) is 16.1 Å². The number of rotatable bonds is 7. The second-order valence-electron chi connectivity index (χ2n) is 8.38. The van der Waals surface area contributed by atoms with Gasteiger partial charge in [-0.25, -0.2) is 4.79 Å². The van der Waals surface area contributed by atoms with Gasteiger partial charge in [0.05, 0.1) is 47.3 Å². The van der Waals surface area contributed by atoms with E-state index in [4.69, 9.17) is 9.47 Å². The van der Waals surface area contributed by atoms with Gasteiger partial charge in [0.25, 0.3) is 0 Å². The van der Waals surface area contributed by atoms with Gasteiger partial charge in [-0.2, -0.15) is 5.10 Å². The Kier molecular flexibility index (Phi) is 5.80. The first-order valence-electron chi connectivity index (χ1n) is 11.9. The van der Waals surface area contributed by atoms with Crippen LogP contribution in [0.3, 0.4) is 0 Å². The number of hydrogen-bond donors (Lipinski definition) is 0. The Morgan fingerprint density at radius 3 is 2.37 bits per heavy atom. The van der Waals surface area contributed by atoms with Crippen molar-refractivity contribution in [1.29, 1.82) is 0 Å². The lowest BCUT2D eigenvalue weighted by molar-refractivity contribution is 0.288. The lowest BCUT2D eigenvalue weighted by Gasteiger charge is -2.13. The van der Waals surface area contributed by atoms with Crippen LogP contribution in [0.5, 0.6) is 11.5 Å². The van der Waals surface area contributed by atoms with Crippen LogP contribution in [0, 0.1) is 6.92 Å². The number of pyridine rings is 1. The maximum atomic E-state index is 13.4. The van der Waals surface area contributed by atoms with E-state index < -0.39 is 0 Å². The van der Waals surface area contributed by atoms with Crippen LogP contribution in [0.1, 0.15) is 26.5 Å². The average Bonchev–Trinajstić information content (AvgIpc) is 3.36. The first-order chi connectivity index (χ1) is 17.0. The van der Waals surface area contributed by atoms with Crippen molar-refractivity contribution in [2.24, 2.45) is 7.05 Å². The minimum atomic E-state index is -0.127. The van der Waals surface area contributed by atoms with Crippen molar-refractivity contribution in [3.63, 3.8) is 0 Å². The fourth-order valence-corrected chi connectivity index (χ4v) is 4.52. The molecule has 0 bridgehead atoms. The van der Waals surface area contributed by atoms with E-state index in [1.54, 1.807) is 22.4 Å². The van der Waals surface area contributed by atoms with E-state index in [1.165, 1.54) is 0 Å². The predicted octanol–water partition coefficient (Wildman–Crippen LogP) is 4.87. The summed E-state index contributed by atoms with van der Waals surface area (Å²) < 4.78 is 16.8. The van der Waals surface area contributed by atoms with E-state index in [-0.39, 0.29) is 5.69 Å². The minimum Gasteiger partial charge on any atom is -0.490 e. The molecule has 5 aromatic rings. The van der Waals surface area contributed by atoms with Crippen LogP contribution in [0.25, 0.3) is 38.8 Å². The summed E-state index contributed by atoms with van der Waals surface area (Å²) in [6.45, 7) is 9.71. The van der Waals surface area contributed by atoms with Gasteiger partial charge in [0.2, 0.25) is 0 Å². The molecular weight excluding hydrogens is 442 g/mol. The summed E-state index contributed by atoms with van der Waals surface area (Å²) in [7, 11) is 1.78. The maximum Gasteiger partial charge on any atom is 0.333 e. The molecule has 5 rings (SSSR count).